The van der Waals surface area contributed by atoms with Gasteiger partial charge in [0, 0.05) is 47.2 Å². The Bertz CT molecular complexity index is 604. The molecule has 0 aliphatic carbocycles. The van der Waals surface area contributed by atoms with E-state index in [2.05, 4.69) is 46.7 Å². The smallest absolute Gasteiger partial charge is 0.0346 e. The first-order valence-corrected chi connectivity index (χ1v) is 8.01. The third-order valence-corrected chi connectivity index (χ3v) is 5.13. The van der Waals surface area contributed by atoms with Gasteiger partial charge in [0.25, 0.3) is 0 Å². The Balaban J connectivity index is 0.00000121. The molecule has 3 nitrogen and oxygen atoms in total. The van der Waals surface area contributed by atoms with Crippen LogP contribution < -0.4 is 5.32 Å². The lowest BCUT2D eigenvalue weighted by Gasteiger charge is -2.25. The minimum atomic E-state index is 0. The van der Waals surface area contributed by atoms with Crippen molar-refractivity contribution in [2.24, 2.45) is 0 Å². The van der Waals surface area contributed by atoms with Crippen molar-refractivity contribution >= 4 is 47.5 Å². The van der Waals surface area contributed by atoms with Crippen molar-refractivity contribution in [1.29, 1.82) is 0 Å². The van der Waals surface area contributed by atoms with Crippen LogP contribution in [-0.2, 0) is 0 Å². The molecule has 2 heterocycles. The van der Waals surface area contributed by atoms with Gasteiger partial charge in [0.15, 0.2) is 0 Å². The van der Waals surface area contributed by atoms with Gasteiger partial charge in [-0.05, 0) is 50.4 Å². The summed E-state index contributed by atoms with van der Waals surface area (Å²) in [4.78, 5) is 5.64. The zero-order valence-corrected chi connectivity index (χ0v) is 15.4. The summed E-state index contributed by atoms with van der Waals surface area (Å²) in [6, 6.07) is 7.06. The Morgan fingerprint density at radius 2 is 2.09 bits per heavy atom. The summed E-state index contributed by atoms with van der Waals surface area (Å²) in [5.41, 5.74) is 1.26. The molecular formula is C16H23Cl2N3S. The number of aryl methyl sites for hydroxylation is 1. The van der Waals surface area contributed by atoms with Gasteiger partial charge < -0.3 is 5.32 Å². The van der Waals surface area contributed by atoms with Crippen LogP contribution in [0.2, 0.25) is 0 Å². The number of pyridine rings is 1. The van der Waals surface area contributed by atoms with E-state index in [-0.39, 0.29) is 24.8 Å². The van der Waals surface area contributed by atoms with E-state index < -0.39 is 0 Å². The van der Waals surface area contributed by atoms with Gasteiger partial charge in [-0.25, -0.2) is 4.31 Å². The van der Waals surface area contributed by atoms with Crippen molar-refractivity contribution in [3.63, 3.8) is 0 Å². The van der Waals surface area contributed by atoms with Gasteiger partial charge in [-0.2, -0.15) is 0 Å². The lowest BCUT2D eigenvalue weighted by Crippen LogP contribution is -2.32. The van der Waals surface area contributed by atoms with Crippen molar-refractivity contribution in [3.05, 3.63) is 36.2 Å². The van der Waals surface area contributed by atoms with Gasteiger partial charge in [-0.15, -0.1) is 24.8 Å². The van der Waals surface area contributed by atoms with Crippen LogP contribution in [0, 0.1) is 6.92 Å². The highest BCUT2D eigenvalue weighted by Crippen LogP contribution is 2.33. The minimum absolute atomic E-state index is 0. The van der Waals surface area contributed by atoms with Crippen LogP contribution in [0.5, 0.6) is 0 Å². The predicted octanol–water partition coefficient (Wildman–Crippen LogP) is 4.08. The lowest BCUT2D eigenvalue weighted by atomic mass is 10.1. The van der Waals surface area contributed by atoms with Gasteiger partial charge in [-0.1, -0.05) is 12.1 Å². The van der Waals surface area contributed by atoms with Crippen LogP contribution >= 0.6 is 36.8 Å². The molecule has 0 bridgehead atoms. The Morgan fingerprint density at radius 3 is 2.91 bits per heavy atom. The van der Waals surface area contributed by atoms with Crippen LogP contribution in [0.25, 0.3) is 10.8 Å². The normalized spacial score (nSPS) is 19.1. The highest BCUT2D eigenvalue weighted by molar-refractivity contribution is 7.97. The second-order valence-electron chi connectivity index (χ2n) is 5.45. The molecular weight excluding hydrogens is 337 g/mol. The van der Waals surface area contributed by atoms with Crippen LogP contribution in [0.4, 0.5) is 0 Å². The van der Waals surface area contributed by atoms with Crippen LogP contribution in [0.1, 0.15) is 18.9 Å². The summed E-state index contributed by atoms with van der Waals surface area (Å²) in [5, 5.41) is 6.07. The molecule has 0 spiro atoms. The fraction of sp³-hybridized carbons (Fsp3) is 0.438. The first-order chi connectivity index (χ1) is 9.75. The zero-order chi connectivity index (χ0) is 13.9. The average Bonchev–Trinajstić information content (AvgIpc) is 2.65. The maximum absolute atomic E-state index is 4.30. The van der Waals surface area contributed by atoms with E-state index >= 15 is 0 Å². The van der Waals surface area contributed by atoms with E-state index in [0.29, 0.717) is 6.04 Å². The maximum Gasteiger partial charge on any atom is 0.0346 e. The quantitative estimate of drug-likeness (QED) is 0.817. The summed E-state index contributed by atoms with van der Waals surface area (Å²) >= 11 is 1.90. The minimum Gasteiger partial charge on any atom is -0.315 e. The molecule has 1 saturated heterocycles. The molecule has 22 heavy (non-hydrogen) atoms. The molecule has 1 aromatic carbocycles. The highest BCUT2D eigenvalue weighted by Gasteiger charge is 2.18. The Morgan fingerprint density at radius 1 is 1.27 bits per heavy atom. The van der Waals surface area contributed by atoms with E-state index in [1.165, 1.54) is 27.7 Å². The molecule has 0 unspecified atom stereocenters. The van der Waals surface area contributed by atoms with Crippen molar-refractivity contribution in [3.8, 4) is 0 Å². The van der Waals surface area contributed by atoms with Gasteiger partial charge in [0.2, 0.25) is 0 Å². The lowest BCUT2D eigenvalue weighted by molar-refractivity contribution is 0.394. The predicted molar refractivity (Wildman–Crippen MR) is 100 cm³/mol. The topological polar surface area (TPSA) is 28.2 Å². The van der Waals surface area contributed by atoms with Gasteiger partial charge in [-0.3, -0.25) is 4.98 Å². The van der Waals surface area contributed by atoms with Crippen LogP contribution in [0.3, 0.4) is 0 Å². The van der Waals surface area contributed by atoms with Gasteiger partial charge in [0.1, 0.15) is 0 Å². The van der Waals surface area contributed by atoms with E-state index in [9.17, 15) is 0 Å². The maximum atomic E-state index is 4.30. The van der Waals surface area contributed by atoms with Crippen LogP contribution in [-0.4, -0.2) is 35.0 Å². The van der Waals surface area contributed by atoms with E-state index in [4.69, 9.17) is 0 Å². The van der Waals surface area contributed by atoms with E-state index in [1.807, 2.05) is 24.3 Å². The number of hydrogen-bond donors (Lipinski definition) is 1. The molecule has 1 atom stereocenters. The number of benzene rings is 1. The monoisotopic (exact) mass is 359 g/mol. The van der Waals surface area contributed by atoms with Crippen LogP contribution in [0.15, 0.2) is 35.5 Å². The second-order valence-corrected chi connectivity index (χ2v) is 6.54. The van der Waals surface area contributed by atoms with E-state index in [0.717, 1.165) is 19.6 Å². The van der Waals surface area contributed by atoms with Crippen molar-refractivity contribution in [2.75, 3.05) is 19.6 Å². The molecule has 1 aliphatic heterocycles. The van der Waals surface area contributed by atoms with E-state index in [1.54, 1.807) is 0 Å². The first kappa shape index (κ1) is 19.5. The summed E-state index contributed by atoms with van der Waals surface area (Å²) in [6.45, 7) is 7.77. The first-order valence-electron chi connectivity index (χ1n) is 7.24. The molecule has 0 saturated carbocycles. The molecule has 1 fully saturated rings. The zero-order valence-electron chi connectivity index (χ0n) is 12.9. The van der Waals surface area contributed by atoms with Crippen molar-refractivity contribution in [2.45, 2.75) is 31.2 Å². The average molecular weight is 360 g/mol. The molecule has 2 aromatic rings. The molecule has 6 heteroatoms. The number of nitrogens with one attached hydrogen (secondary N) is 1. The van der Waals surface area contributed by atoms with Crippen molar-refractivity contribution < 1.29 is 0 Å². The SMILES string of the molecule is Cc1cncc2cccc(SN3CCCNC[C@H]3C)c12.Cl.Cl. The molecule has 1 aliphatic rings. The Labute approximate surface area is 149 Å². The fourth-order valence-electron chi connectivity index (χ4n) is 2.70. The molecule has 3 rings (SSSR count). The molecule has 1 aromatic heterocycles. The number of nitrogens with zero attached hydrogens (tertiary/aromatic N) is 2. The third-order valence-electron chi connectivity index (χ3n) is 3.81. The van der Waals surface area contributed by atoms with Gasteiger partial charge in [0.05, 0.1) is 0 Å². The number of aromatic nitrogens is 1. The number of rotatable bonds is 2. The third kappa shape index (κ3) is 4.27. The summed E-state index contributed by atoms with van der Waals surface area (Å²) < 4.78 is 2.51. The molecule has 1 N–H and O–H groups in total. The largest absolute Gasteiger partial charge is 0.315 e. The number of fused-ring (bicyclic) bond motifs is 1. The summed E-state index contributed by atoms with van der Waals surface area (Å²) in [5.74, 6) is 0. The molecule has 0 radical (unpaired) electrons. The molecule has 122 valence electrons. The second kappa shape index (κ2) is 8.94. The Kier molecular flexibility index (Phi) is 7.94. The summed E-state index contributed by atoms with van der Waals surface area (Å²) in [6.07, 6.45) is 5.13. The summed E-state index contributed by atoms with van der Waals surface area (Å²) in [7, 11) is 0. The highest BCUT2D eigenvalue weighted by atomic mass is 35.5. The standard InChI is InChI=1S/C16H21N3S.2ClH/c1-12-9-18-11-14-5-3-6-15(16(12)14)20-19-8-4-7-17-10-13(19)2;;/h3,5-6,9,11,13,17H,4,7-8,10H2,1-2H3;2*1H/t13-;;/m1../s1. The van der Waals surface area contributed by atoms with Crippen molar-refractivity contribution in [1.82, 2.24) is 14.6 Å². The number of hydrogen-bond acceptors (Lipinski definition) is 4. The number of halogens is 2. The van der Waals surface area contributed by atoms with Gasteiger partial charge >= 0.3 is 0 Å². The fourth-order valence-corrected chi connectivity index (χ4v) is 3.94. The Hall–Kier alpha value is -0.520. The molecule has 0 amide bonds.